The van der Waals surface area contributed by atoms with Crippen LogP contribution in [-0.2, 0) is 10.3 Å². The SMILES string of the molecule is CN1C(=O)[C@]2(CC(C)(C)Oc3ccc(-c4cncc(Cl)c4)cc32)N=C1N. The molecule has 1 atom stereocenters. The van der Waals surface area contributed by atoms with E-state index in [2.05, 4.69) is 9.98 Å². The minimum Gasteiger partial charge on any atom is -0.487 e. The number of nitrogens with zero attached hydrogens (tertiary/aromatic N) is 3. The molecule has 2 aromatic rings. The van der Waals surface area contributed by atoms with Gasteiger partial charge >= 0.3 is 0 Å². The Morgan fingerprint density at radius 2 is 2.00 bits per heavy atom. The molecule has 0 bridgehead atoms. The van der Waals surface area contributed by atoms with Gasteiger partial charge in [-0.3, -0.25) is 14.7 Å². The van der Waals surface area contributed by atoms with Gasteiger partial charge in [0.05, 0.1) is 5.02 Å². The highest BCUT2D eigenvalue weighted by Gasteiger charge is 2.55. The molecule has 7 heteroatoms. The van der Waals surface area contributed by atoms with Crippen molar-refractivity contribution in [3.63, 3.8) is 0 Å². The van der Waals surface area contributed by atoms with Crippen LogP contribution in [0.2, 0.25) is 5.02 Å². The highest BCUT2D eigenvalue weighted by Crippen LogP contribution is 2.49. The normalized spacial score (nSPS) is 23.6. The van der Waals surface area contributed by atoms with Gasteiger partial charge in [0, 0.05) is 37.0 Å². The van der Waals surface area contributed by atoms with Crippen LogP contribution in [0.4, 0.5) is 0 Å². The summed E-state index contributed by atoms with van der Waals surface area (Å²) < 4.78 is 6.12. The summed E-state index contributed by atoms with van der Waals surface area (Å²) in [6.07, 6.45) is 3.72. The van der Waals surface area contributed by atoms with Crippen molar-refractivity contribution in [2.75, 3.05) is 7.05 Å². The van der Waals surface area contributed by atoms with Gasteiger partial charge in [-0.05, 0) is 37.6 Å². The van der Waals surface area contributed by atoms with E-state index < -0.39 is 11.1 Å². The zero-order valence-electron chi connectivity index (χ0n) is 14.8. The number of aliphatic imine (C=N–C) groups is 1. The van der Waals surface area contributed by atoms with Crippen LogP contribution in [0, 0.1) is 0 Å². The van der Waals surface area contributed by atoms with Crippen molar-refractivity contribution < 1.29 is 9.53 Å². The van der Waals surface area contributed by atoms with Crippen LogP contribution in [0.1, 0.15) is 25.8 Å². The first-order valence-electron chi connectivity index (χ1n) is 8.30. The Morgan fingerprint density at radius 3 is 2.65 bits per heavy atom. The summed E-state index contributed by atoms with van der Waals surface area (Å²) in [5.74, 6) is 0.711. The zero-order valence-corrected chi connectivity index (χ0v) is 15.5. The van der Waals surface area contributed by atoms with Gasteiger partial charge in [-0.2, -0.15) is 0 Å². The molecule has 0 aliphatic carbocycles. The predicted octanol–water partition coefficient (Wildman–Crippen LogP) is 2.95. The molecular weight excluding hydrogens is 352 g/mol. The smallest absolute Gasteiger partial charge is 0.261 e. The molecule has 0 radical (unpaired) electrons. The van der Waals surface area contributed by atoms with Crippen LogP contribution in [-0.4, -0.2) is 34.4 Å². The van der Waals surface area contributed by atoms with Gasteiger partial charge in [0.2, 0.25) is 0 Å². The number of halogens is 1. The number of nitrogens with two attached hydrogens (primary N) is 1. The topological polar surface area (TPSA) is 80.8 Å². The maximum atomic E-state index is 13.1. The number of rotatable bonds is 1. The van der Waals surface area contributed by atoms with E-state index in [1.54, 1.807) is 19.4 Å². The quantitative estimate of drug-likeness (QED) is 0.836. The van der Waals surface area contributed by atoms with Crippen LogP contribution in [0.3, 0.4) is 0 Å². The van der Waals surface area contributed by atoms with E-state index in [1.807, 2.05) is 38.1 Å². The Morgan fingerprint density at radius 1 is 1.23 bits per heavy atom. The Labute approximate surface area is 156 Å². The largest absolute Gasteiger partial charge is 0.487 e. The third-order valence-electron chi connectivity index (χ3n) is 4.84. The number of aromatic nitrogens is 1. The third kappa shape index (κ3) is 2.44. The highest BCUT2D eigenvalue weighted by atomic mass is 35.5. The lowest BCUT2D eigenvalue weighted by molar-refractivity contribution is -0.133. The van der Waals surface area contributed by atoms with Crippen LogP contribution in [0.15, 0.2) is 41.7 Å². The lowest BCUT2D eigenvalue weighted by Crippen LogP contribution is -2.49. The minimum atomic E-state index is -1.07. The molecule has 1 amide bonds. The number of likely N-dealkylation sites (N-methyl/N-ethyl adjacent to an activating group) is 1. The summed E-state index contributed by atoms with van der Waals surface area (Å²) in [5.41, 5.74) is 6.82. The Hall–Kier alpha value is -2.60. The van der Waals surface area contributed by atoms with Crippen molar-refractivity contribution >= 4 is 23.5 Å². The van der Waals surface area contributed by atoms with Gasteiger partial charge < -0.3 is 10.5 Å². The second-order valence-electron chi connectivity index (χ2n) is 7.34. The molecule has 0 saturated carbocycles. The molecular formula is C19H19ClN4O2. The Bertz CT molecular complexity index is 956. The minimum absolute atomic E-state index is 0.144. The lowest BCUT2D eigenvalue weighted by atomic mass is 9.77. The van der Waals surface area contributed by atoms with E-state index in [0.717, 1.165) is 11.1 Å². The molecule has 0 fully saturated rings. The summed E-state index contributed by atoms with van der Waals surface area (Å²) in [6, 6.07) is 7.55. The summed E-state index contributed by atoms with van der Waals surface area (Å²) in [6.45, 7) is 3.90. The van der Waals surface area contributed by atoms with E-state index in [9.17, 15) is 4.79 Å². The van der Waals surface area contributed by atoms with Crippen molar-refractivity contribution in [1.82, 2.24) is 9.88 Å². The van der Waals surface area contributed by atoms with Crippen molar-refractivity contribution in [3.05, 3.63) is 47.2 Å². The summed E-state index contributed by atoms with van der Waals surface area (Å²) in [7, 11) is 1.64. The fourth-order valence-electron chi connectivity index (χ4n) is 3.73. The van der Waals surface area contributed by atoms with Gasteiger partial charge in [0.15, 0.2) is 11.5 Å². The lowest BCUT2D eigenvalue weighted by Gasteiger charge is -2.41. The Kier molecular flexibility index (Phi) is 3.53. The van der Waals surface area contributed by atoms with Crippen LogP contribution in [0.5, 0.6) is 5.75 Å². The highest BCUT2D eigenvalue weighted by molar-refractivity contribution is 6.30. The maximum Gasteiger partial charge on any atom is 0.261 e. The summed E-state index contributed by atoms with van der Waals surface area (Å²) in [5, 5.41) is 0.547. The average Bonchev–Trinajstić information content (AvgIpc) is 2.78. The third-order valence-corrected chi connectivity index (χ3v) is 5.05. The summed E-state index contributed by atoms with van der Waals surface area (Å²) >= 11 is 6.07. The van der Waals surface area contributed by atoms with Crippen LogP contribution >= 0.6 is 11.6 Å². The van der Waals surface area contributed by atoms with E-state index >= 15 is 0 Å². The number of fused-ring (bicyclic) bond motifs is 2. The number of amides is 1. The van der Waals surface area contributed by atoms with Crippen molar-refractivity contribution in [3.8, 4) is 16.9 Å². The van der Waals surface area contributed by atoms with Crippen LogP contribution in [0.25, 0.3) is 11.1 Å². The molecule has 3 heterocycles. The molecule has 1 aromatic carbocycles. The van der Waals surface area contributed by atoms with Crippen LogP contribution < -0.4 is 10.5 Å². The molecule has 6 nitrogen and oxygen atoms in total. The van der Waals surface area contributed by atoms with Gasteiger partial charge in [-0.15, -0.1) is 0 Å². The van der Waals surface area contributed by atoms with Gasteiger partial charge in [-0.1, -0.05) is 17.7 Å². The number of carbonyl (C=O) groups is 1. The van der Waals surface area contributed by atoms with Crippen molar-refractivity contribution in [2.24, 2.45) is 10.7 Å². The van der Waals surface area contributed by atoms with Crippen molar-refractivity contribution in [1.29, 1.82) is 0 Å². The van der Waals surface area contributed by atoms with Crippen molar-refractivity contribution in [2.45, 2.75) is 31.4 Å². The number of pyridine rings is 1. The number of guanidine groups is 1. The molecule has 2 N–H and O–H groups in total. The first-order chi connectivity index (χ1) is 12.2. The van der Waals surface area contributed by atoms with E-state index in [0.29, 0.717) is 22.8 Å². The molecule has 1 spiro atoms. The number of carbonyl (C=O) groups excluding carboxylic acids is 1. The monoisotopic (exact) mass is 370 g/mol. The maximum absolute atomic E-state index is 13.1. The van der Waals surface area contributed by atoms with E-state index in [-0.39, 0.29) is 11.9 Å². The molecule has 26 heavy (non-hydrogen) atoms. The second kappa shape index (κ2) is 5.45. The number of hydrogen-bond donors (Lipinski definition) is 1. The molecule has 2 aliphatic rings. The molecule has 0 unspecified atom stereocenters. The standard InChI is InChI=1S/C19H19ClN4O2/c1-18(2)10-19(16(25)24(3)17(21)23-19)14-7-11(4-5-15(14)26-18)12-6-13(20)9-22-8-12/h4-9H,10H2,1-3H3,(H2,21,23)/t19-/m1/s1. The first-order valence-corrected chi connectivity index (χ1v) is 8.68. The predicted molar refractivity (Wildman–Crippen MR) is 100 cm³/mol. The van der Waals surface area contributed by atoms with E-state index in [1.165, 1.54) is 4.90 Å². The molecule has 1 aromatic heterocycles. The fraction of sp³-hybridized carbons (Fsp3) is 0.316. The first kappa shape index (κ1) is 16.8. The van der Waals surface area contributed by atoms with E-state index in [4.69, 9.17) is 22.1 Å². The Balaban J connectivity index is 1.93. The zero-order chi connectivity index (χ0) is 18.7. The molecule has 0 saturated heterocycles. The average molecular weight is 371 g/mol. The second-order valence-corrected chi connectivity index (χ2v) is 7.77. The number of hydrogen-bond acceptors (Lipinski definition) is 5. The number of benzene rings is 1. The fourth-order valence-corrected chi connectivity index (χ4v) is 3.90. The number of ether oxygens (including phenoxy) is 1. The van der Waals surface area contributed by atoms with Gasteiger partial charge in [0.1, 0.15) is 11.4 Å². The van der Waals surface area contributed by atoms with Gasteiger partial charge in [0.25, 0.3) is 5.91 Å². The molecule has 134 valence electrons. The summed E-state index contributed by atoms with van der Waals surface area (Å²) in [4.78, 5) is 23.2. The van der Waals surface area contributed by atoms with Gasteiger partial charge in [-0.25, -0.2) is 4.99 Å². The molecule has 4 rings (SSSR count). The molecule has 2 aliphatic heterocycles.